The van der Waals surface area contributed by atoms with Crippen molar-refractivity contribution in [3.63, 3.8) is 0 Å². The predicted molar refractivity (Wildman–Crippen MR) is 106 cm³/mol. The van der Waals surface area contributed by atoms with E-state index in [0.717, 1.165) is 35.6 Å². The van der Waals surface area contributed by atoms with Gasteiger partial charge in [0.1, 0.15) is 0 Å². The first-order chi connectivity index (χ1) is 13.3. The second kappa shape index (κ2) is 7.83. The lowest BCUT2D eigenvalue weighted by Crippen LogP contribution is -2.16. The predicted octanol–water partition coefficient (Wildman–Crippen LogP) is 3.70. The second-order valence-electron chi connectivity index (χ2n) is 6.42. The first-order valence-corrected chi connectivity index (χ1v) is 8.99. The number of nitrogens with zero attached hydrogens (tertiary/aromatic N) is 3. The van der Waals surface area contributed by atoms with Crippen molar-refractivity contribution in [1.82, 2.24) is 14.6 Å². The third kappa shape index (κ3) is 4.20. The van der Waals surface area contributed by atoms with Gasteiger partial charge in [-0.1, -0.05) is 48.5 Å². The lowest BCUT2D eigenvalue weighted by molar-refractivity contribution is -0.115. The molecule has 0 aliphatic rings. The zero-order chi connectivity index (χ0) is 18.5. The number of nitrogens with one attached hydrogen (secondary N) is 1. The molecule has 1 amide bonds. The molecule has 5 nitrogen and oxygen atoms in total. The standard InChI is InChI=1S/C22H20N4O/c27-22(24-18-9-5-2-6-10-18)15-20-16-23-21-14-13-19(25-26(20)21)12-11-17-7-3-1-4-8-17/h1-10,13-14,16H,11-12,15H2,(H,24,27). The van der Waals surface area contributed by atoms with Crippen LogP contribution in [0.5, 0.6) is 0 Å². The summed E-state index contributed by atoms with van der Waals surface area (Å²) in [6.45, 7) is 0. The minimum absolute atomic E-state index is 0.0838. The molecule has 0 bridgehead atoms. The van der Waals surface area contributed by atoms with Crippen molar-refractivity contribution in [2.24, 2.45) is 0 Å². The van der Waals surface area contributed by atoms with Gasteiger partial charge in [0.15, 0.2) is 5.65 Å². The molecule has 134 valence electrons. The summed E-state index contributed by atoms with van der Waals surface area (Å²) >= 11 is 0. The molecular formula is C22H20N4O. The van der Waals surface area contributed by atoms with Crippen LogP contribution >= 0.6 is 0 Å². The van der Waals surface area contributed by atoms with Gasteiger partial charge in [0.25, 0.3) is 0 Å². The van der Waals surface area contributed by atoms with Gasteiger partial charge in [0.05, 0.1) is 24.0 Å². The van der Waals surface area contributed by atoms with E-state index >= 15 is 0 Å². The number of anilines is 1. The molecular weight excluding hydrogens is 336 g/mol. The van der Waals surface area contributed by atoms with Gasteiger partial charge in [-0.15, -0.1) is 0 Å². The van der Waals surface area contributed by atoms with Crippen molar-refractivity contribution < 1.29 is 4.79 Å². The maximum atomic E-state index is 12.3. The Hall–Kier alpha value is -3.47. The van der Waals surface area contributed by atoms with E-state index in [-0.39, 0.29) is 12.3 Å². The number of carbonyl (C=O) groups excluding carboxylic acids is 1. The minimum Gasteiger partial charge on any atom is -0.326 e. The molecule has 2 aromatic carbocycles. The Bertz CT molecular complexity index is 1040. The smallest absolute Gasteiger partial charge is 0.230 e. The Balaban J connectivity index is 1.47. The minimum atomic E-state index is -0.0838. The Morgan fingerprint density at radius 2 is 1.63 bits per heavy atom. The van der Waals surface area contributed by atoms with Crippen LogP contribution in [0.1, 0.15) is 17.0 Å². The van der Waals surface area contributed by atoms with Crippen LogP contribution in [0, 0.1) is 0 Å². The summed E-state index contributed by atoms with van der Waals surface area (Å²) in [7, 11) is 0. The maximum Gasteiger partial charge on any atom is 0.230 e. The first-order valence-electron chi connectivity index (χ1n) is 8.99. The molecule has 0 fully saturated rings. The number of para-hydroxylation sites is 1. The number of benzene rings is 2. The van der Waals surface area contributed by atoms with E-state index in [4.69, 9.17) is 0 Å². The lowest BCUT2D eigenvalue weighted by Gasteiger charge is -2.06. The number of fused-ring (bicyclic) bond motifs is 1. The average molecular weight is 356 g/mol. The number of aromatic nitrogens is 3. The van der Waals surface area contributed by atoms with Crippen LogP contribution in [-0.4, -0.2) is 20.5 Å². The third-order valence-electron chi connectivity index (χ3n) is 4.40. The summed E-state index contributed by atoms with van der Waals surface area (Å²) in [5.41, 5.74) is 4.58. The van der Waals surface area contributed by atoms with E-state index in [0.29, 0.717) is 0 Å². The van der Waals surface area contributed by atoms with E-state index in [2.05, 4.69) is 27.5 Å². The topological polar surface area (TPSA) is 59.3 Å². The summed E-state index contributed by atoms with van der Waals surface area (Å²) in [5.74, 6) is -0.0838. The first kappa shape index (κ1) is 17.0. The number of imidazole rings is 1. The summed E-state index contributed by atoms with van der Waals surface area (Å²) in [4.78, 5) is 16.7. The van der Waals surface area contributed by atoms with Gasteiger partial charge < -0.3 is 5.32 Å². The fraction of sp³-hybridized carbons (Fsp3) is 0.136. The van der Waals surface area contributed by atoms with Crippen molar-refractivity contribution in [2.45, 2.75) is 19.3 Å². The quantitative estimate of drug-likeness (QED) is 0.573. The van der Waals surface area contributed by atoms with Crippen molar-refractivity contribution in [1.29, 1.82) is 0 Å². The van der Waals surface area contributed by atoms with Gasteiger partial charge in [-0.3, -0.25) is 4.79 Å². The molecule has 0 radical (unpaired) electrons. The molecule has 1 N–H and O–H groups in total. The summed E-state index contributed by atoms with van der Waals surface area (Å²) < 4.78 is 1.77. The molecule has 2 aromatic heterocycles. The monoisotopic (exact) mass is 356 g/mol. The third-order valence-corrected chi connectivity index (χ3v) is 4.40. The van der Waals surface area contributed by atoms with Gasteiger partial charge in [0, 0.05) is 5.69 Å². The fourth-order valence-corrected chi connectivity index (χ4v) is 3.02. The molecule has 4 aromatic rings. The van der Waals surface area contributed by atoms with Crippen LogP contribution < -0.4 is 5.32 Å². The molecule has 0 saturated heterocycles. The highest BCUT2D eigenvalue weighted by Crippen LogP contribution is 2.11. The number of aryl methyl sites for hydroxylation is 2. The van der Waals surface area contributed by atoms with Crippen molar-refractivity contribution in [3.05, 3.63) is 95.9 Å². The highest BCUT2D eigenvalue weighted by Gasteiger charge is 2.11. The molecule has 5 heteroatoms. The molecule has 0 unspecified atom stereocenters. The highest BCUT2D eigenvalue weighted by atomic mass is 16.1. The van der Waals surface area contributed by atoms with Crippen LogP contribution in [0.15, 0.2) is 79.0 Å². The van der Waals surface area contributed by atoms with Gasteiger partial charge in [-0.2, -0.15) is 5.10 Å². The van der Waals surface area contributed by atoms with Crippen molar-refractivity contribution >= 4 is 17.2 Å². The van der Waals surface area contributed by atoms with E-state index in [1.165, 1.54) is 5.56 Å². The SMILES string of the molecule is O=C(Cc1cnc2ccc(CCc3ccccc3)nn12)Nc1ccccc1. The summed E-state index contributed by atoms with van der Waals surface area (Å²) in [6.07, 6.45) is 3.71. The largest absolute Gasteiger partial charge is 0.326 e. The van der Waals surface area contributed by atoms with Crippen molar-refractivity contribution in [3.8, 4) is 0 Å². The van der Waals surface area contributed by atoms with Gasteiger partial charge >= 0.3 is 0 Å². The van der Waals surface area contributed by atoms with E-state index in [1.807, 2.05) is 60.7 Å². The van der Waals surface area contributed by atoms with Gasteiger partial charge in [-0.25, -0.2) is 9.50 Å². The van der Waals surface area contributed by atoms with Crippen LogP contribution in [0.2, 0.25) is 0 Å². The van der Waals surface area contributed by atoms with E-state index in [1.54, 1.807) is 10.7 Å². The molecule has 4 rings (SSSR count). The van der Waals surface area contributed by atoms with Gasteiger partial charge in [-0.05, 0) is 42.7 Å². The summed E-state index contributed by atoms with van der Waals surface area (Å²) in [6, 6.07) is 23.7. The molecule has 0 saturated carbocycles. The summed E-state index contributed by atoms with van der Waals surface area (Å²) in [5, 5.41) is 7.58. The number of hydrogen-bond acceptors (Lipinski definition) is 3. The van der Waals surface area contributed by atoms with Crippen LogP contribution in [-0.2, 0) is 24.1 Å². The number of carbonyl (C=O) groups is 1. The Kier molecular flexibility index (Phi) is 4.92. The second-order valence-corrected chi connectivity index (χ2v) is 6.42. The Morgan fingerprint density at radius 1 is 0.889 bits per heavy atom. The van der Waals surface area contributed by atoms with E-state index < -0.39 is 0 Å². The Labute approximate surface area is 157 Å². The van der Waals surface area contributed by atoms with E-state index in [9.17, 15) is 4.79 Å². The van der Waals surface area contributed by atoms with Crippen molar-refractivity contribution in [2.75, 3.05) is 5.32 Å². The van der Waals surface area contributed by atoms with Gasteiger partial charge in [0.2, 0.25) is 5.91 Å². The normalized spacial score (nSPS) is 10.8. The number of hydrogen-bond donors (Lipinski definition) is 1. The Morgan fingerprint density at radius 3 is 2.41 bits per heavy atom. The molecule has 2 heterocycles. The maximum absolute atomic E-state index is 12.3. The number of rotatable bonds is 6. The molecule has 0 aliphatic heterocycles. The van der Waals surface area contributed by atoms with Crippen LogP contribution in [0.3, 0.4) is 0 Å². The van der Waals surface area contributed by atoms with Crippen LogP contribution in [0.25, 0.3) is 5.65 Å². The van der Waals surface area contributed by atoms with Crippen LogP contribution in [0.4, 0.5) is 5.69 Å². The molecule has 0 atom stereocenters. The zero-order valence-electron chi connectivity index (χ0n) is 14.9. The molecule has 27 heavy (non-hydrogen) atoms. The highest BCUT2D eigenvalue weighted by molar-refractivity contribution is 5.92. The molecule has 0 spiro atoms. The number of amides is 1. The lowest BCUT2D eigenvalue weighted by atomic mass is 10.1. The molecule has 0 aliphatic carbocycles. The fourth-order valence-electron chi connectivity index (χ4n) is 3.02. The zero-order valence-corrected chi connectivity index (χ0v) is 14.9. The average Bonchev–Trinajstić information content (AvgIpc) is 3.10.